The fourth-order valence-corrected chi connectivity index (χ4v) is 3.21. The Hall–Kier alpha value is -0.740. The predicted molar refractivity (Wildman–Crippen MR) is 75.6 cm³/mol. The molecular formula is C13H21N3S. The summed E-state index contributed by atoms with van der Waals surface area (Å²) in [5.74, 6) is 2.29. The van der Waals surface area contributed by atoms with Gasteiger partial charge in [-0.3, -0.25) is 0 Å². The van der Waals surface area contributed by atoms with Crippen molar-refractivity contribution in [2.24, 2.45) is 5.73 Å². The molecule has 0 spiro atoms. The lowest BCUT2D eigenvalue weighted by Crippen LogP contribution is -2.38. The maximum absolute atomic E-state index is 5.83. The van der Waals surface area contributed by atoms with Crippen molar-refractivity contribution in [3.8, 4) is 0 Å². The summed E-state index contributed by atoms with van der Waals surface area (Å²) in [4.78, 5) is 6.91. The molecule has 1 aliphatic heterocycles. The van der Waals surface area contributed by atoms with Crippen LogP contribution in [0.2, 0.25) is 0 Å². The highest BCUT2D eigenvalue weighted by Crippen LogP contribution is 2.24. The molecule has 0 bridgehead atoms. The van der Waals surface area contributed by atoms with Gasteiger partial charge in [-0.05, 0) is 25.0 Å². The van der Waals surface area contributed by atoms with E-state index in [0.717, 1.165) is 29.7 Å². The highest BCUT2D eigenvalue weighted by atomic mass is 32.2. The van der Waals surface area contributed by atoms with Crippen LogP contribution < -0.4 is 10.6 Å². The van der Waals surface area contributed by atoms with Gasteiger partial charge in [-0.1, -0.05) is 13.0 Å². The van der Waals surface area contributed by atoms with Crippen LogP contribution in [0.4, 0.5) is 5.82 Å². The number of hydrogen-bond donors (Lipinski definition) is 1. The summed E-state index contributed by atoms with van der Waals surface area (Å²) in [5.41, 5.74) is 6.93. The Balaban J connectivity index is 2.06. The number of nitrogens with two attached hydrogens (primary N) is 1. The fourth-order valence-electron chi connectivity index (χ4n) is 2.03. The average Bonchev–Trinajstić information content (AvgIpc) is 2.39. The maximum atomic E-state index is 5.83. The predicted octanol–water partition coefficient (Wildman–Crippen LogP) is 2.43. The van der Waals surface area contributed by atoms with Crippen LogP contribution in [0, 0.1) is 0 Å². The molecule has 17 heavy (non-hydrogen) atoms. The van der Waals surface area contributed by atoms with Crippen LogP contribution in [0.15, 0.2) is 18.3 Å². The molecule has 1 aliphatic rings. The molecule has 0 saturated carbocycles. The van der Waals surface area contributed by atoms with Gasteiger partial charge in [-0.15, -0.1) is 0 Å². The number of thioether (sulfide) groups is 1. The van der Waals surface area contributed by atoms with Crippen LogP contribution in [0.5, 0.6) is 0 Å². The van der Waals surface area contributed by atoms with Gasteiger partial charge >= 0.3 is 0 Å². The summed E-state index contributed by atoms with van der Waals surface area (Å²) in [6, 6.07) is 4.26. The molecule has 1 aromatic rings. The number of hydrogen-bond acceptors (Lipinski definition) is 4. The molecule has 2 N–H and O–H groups in total. The van der Waals surface area contributed by atoms with Crippen molar-refractivity contribution in [3.63, 3.8) is 0 Å². The summed E-state index contributed by atoms with van der Waals surface area (Å²) in [6.07, 6.45) is 3.14. The number of pyridine rings is 1. The third-order valence-corrected chi connectivity index (χ3v) is 4.59. The summed E-state index contributed by atoms with van der Waals surface area (Å²) >= 11 is 2.08. The van der Waals surface area contributed by atoms with E-state index in [1.165, 1.54) is 12.2 Å². The summed E-state index contributed by atoms with van der Waals surface area (Å²) in [6.45, 7) is 6.46. The largest absolute Gasteiger partial charge is 0.355 e. The first-order valence-corrected chi connectivity index (χ1v) is 7.33. The lowest BCUT2D eigenvalue weighted by atomic mass is 10.1. The van der Waals surface area contributed by atoms with Gasteiger partial charge in [-0.2, -0.15) is 11.8 Å². The van der Waals surface area contributed by atoms with Crippen molar-refractivity contribution in [2.45, 2.75) is 31.6 Å². The number of rotatable bonds is 3. The van der Waals surface area contributed by atoms with Crippen LogP contribution >= 0.6 is 11.8 Å². The van der Waals surface area contributed by atoms with Crippen LogP contribution in [0.25, 0.3) is 0 Å². The molecule has 3 nitrogen and oxygen atoms in total. The first-order chi connectivity index (χ1) is 8.20. The monoisotopic (exact) mass is 251 g/mol. The molecule has 0 aliphatic carbocycles. The van der Waals surface area contributed by atoms with E-state index in [2.05, 4.69) is 40.7 Å². The lowest BCUT2D eigenvalue weighted by Gasteiger charge is -2.32. The van der Waals surface area contributed by atoms with E-state index in [-0.39, 0.29) is 6.04 Å². The molecule has 1 fully saturated rings. The van der Waals surface area contributed by atoms with Crippen LogP contribution in [-0.4, -0.2) is 29.1 Å². The fraction of sp³-hybridized carbons (Fsp3) is 0.615. The van der Waals surface area contributed by atoms with E-state index >= 15 is 0 Å². The molecule has 2 unspecified atom stereocenters. The van der Waals surface area contributed by atoms with Gasteiger partial charge in [0.2, 0.25) is 0 Å². The van der Waals surface area contributed by atoms with Crippen LogP contribution in [0.3, 0.4) is 0 Å². The lowest BCUT2D eigenvalue weighted by molar-refractivity contribution is 0.718. The smallest absolute Gasteiger partial charge is 0.128 e. The van der Waals surface area contributed by atoms with Crippen molar-refractivity contribution < 1.29 is 0 Å². The molecule has 2 rings (SSSR count). The molecule has 4 heteroatoms. The molecular weight excluding hydrogens is 230 g/mol. The molecule has 0 amide bonds. The van der Waals surface area contributed by atoms with E-state index in [1.54, 1.807) is 0 Å². The third-order valence-electron chi connectivity index (χ3n) is 3.21. The van der Waals surface area contributed by atoms with Crippen LogP contribution in [0.1, 0.15) is 31.9 Å². The zero-order valence-electron chi connectivity index (χ0n) is 10.6. The Kier molecular flexibility index (Phi) is 4.29. The summed E-state index contributed by atoms with van der Waals surface area (Å²) in [5, 5.41) is 0.749. The second kappa shape index (κ2) is 5.74. The van der Waals surface area contributed by atoms with E-state index in [0.29, 0.717) is 0 Å². The molecule has 0 aromatic carbocycles. The zero-order chi connectivity index (χ0) is 12.3. The van der Waals surface area contributed by atoms with Gasteiger partial charge in [-0.25, -0.2) is 4.98 Å². The molecule has 1 saturated heterocycles. The van der Waals surface area contributed by atoms with Crippen molar-refractivity contribution in [1.82, 2.24) is 4.98 Å². The Labute approximate surface area is 108 Å². The Bertz CT molecular complexity index is 350. The van der Waals surface area contributed by atoms with Crippen molar-refractivity contribution >= 4 is 17.6 Å². The second-order valence-corrected chi connectivity index (χ2v) is 5.99. The minimum absolute atomic E-state index is 0.0665. The van der Waals surface area contributed by atoms with E-state index in [4.69, 9.17) is 5.73 Å². The molecule has 1 aromatic heterocycles. The molecule has 94 valence electrons. The zero-order valence-corrected chi connectivity index (χ0v) is 11.4. The Morgan fingerprint density at radius 1 is 1.59 bits per heavy atom. The van der Waals surface area contributed by atoms with Gasteiger partial charge in [0.25, 0.3) is 0 Å². The minimum atomic E-state index is 0.0665. The van der Waals surface area contributed by atoms with Gasteiger partial charge in [0.05, 0.1) is 0 Å². The van der Waals surface area contributed by atoms with Gasteiger partial charge < -0.3 is 10.6 Å². The first-order valence-electron chi connectivity index (χ1n) is 6.28. The van der Waals surface area contributed by atoms with E-state index in [9.17, 15) is 0 Å². The minimum Gasteiger partial charge on any atom is -0.355 e. The number of anilines is 1. The van der Waals surface area contributed by atoms with E-state index < -0.39 is 0 Å². The quantitative estimate of drug-likeness (QED) is 0.896. The van der Waals surface area contributed by atoms with E-state index in [1.807, 2.05) is 13.1 Å². The first kappa shape index (κ1) is 12.7. The second-order valence-electron chi connectivity index (χ2n) is 4.59. The summed E-state index contributed by atoms with van der Waals surface area (Å²) in [7, 11) is 0. The normalized spacial score (nSPS) is 22.5. The third kappa shape index (κ3) is 3.13. The maximum Gasteiger partial charge on any atom is 0.128 e. The summed E-state index contributed by atoms with van der Waals surface area (Å²) < 4.78 is 0. The van der Waals surface area contributed by atoms with Gasteiger partial charge in [0, 0.05) is 36.3 Å². The Morgan fingerprint density at radius 3 is 3.00 bits per heavy atom. The Morgan fingerprint density at radius 2 is 2.41 bits per heavy atom. The number of aromatic nitrogens is 1. The van der Waals surface area contributed by atoms with Gasteiger partial charge in [0.1, 0.15) is 5.82 Å². The van der Waals surface area contributed by atoms with Crippen molar-refractivity contribution in [2.75, 3.05) is 23.7 Å². The van der Waals surface area contributed by atoms with Crippen LogP contribution in [-0.2, 0) is 0 Å². The standard InChI is InChI=1S/C13H21N3S/c1-3-12-9-16(6-7-17-12)13-5-4-11(8-15-13)10(2)14/h4-5,8,10,12H,3,6-7,9,14H2,1-2H3. The highest BCUT2D eigenvalue weighted by molar-refractivity contribution is 8.00. The highest BCUT2D eigenvalue weighted by Gasteiger charge is 2.19. The van der Waals surface area contributed by atoms with Crippen molar-refractivity contribution in [1.29, 1.82) is 0 Å². The molecule has 0 radical (unpaired) electrons. The average molecular weight is 251 g/mol. The number of nitrogens with zero attached hydrogens (tertiary/aromatic N) is 2. The van der Waals surface area contributed by atoms with Crippen molar-refractivity contribution in [3.05, 3.63) is 23.9 Å². The molecule has 2 heterocycles. The molecule has 2 atom stereocenters. The topological polar surface area (TPSA) is 42.1 Å². The SMILES string of the molecule is CCC1CN(c2ccc(C(C)N)cn2)CCS1. The van der Waals surface area contributed by atoms with Gasteiger partial charge in [0.15, 0.2) is 0 Å².